The van der Waals surface area contributed by atoms with Gasteiger partial charge in [-0.3, -0.25) is 4.98 Å². The predicted octanol–water partition coefficient (Wildman–Crippen LogP) is 3.48. The maximum Gasteiger partial charge on any atom is 0.0594 e. The Morgan fingerprint density at radius 2 is 1.84 bits per heavy atom. The number of pyridine rings is 1. The summed E-state index contributed by atoms with van der Waals surface area (Å²) in [5.74, 6) is 0. The molecule has 3 rings (SSSR count). The lowest BCUT2D eigenvalue weighted by Gasteiger charge is -2.08. The molecule has 19 heavy (non-hydrogen) atoms. The third kappa shape index (κ3) is 2.83. The van der Waals surface area contributed by atoms with Gasteiger partial charge in [0.05, 0.1) is 12.2 Å². The fourth-order valence-electron chi connectivity index (χ4n) is 1.98. The SMILES string of the molecule is c1ccc(CNc2cccc(-n3cccc3)c2)nc1. The second-order valence-electron chi connectivity index (χ2n) is 4.32. The van der Waals surface area contributed by atoms with Crippen molar-refractivity contribution in [2.75, 3.05) is 5.32 Å². The molecule has 3 aromatic rings. The van der Waals surface area contributed by atoms with Gasteiger partial charge in [0, 0.05) is 30.0 Å². The van der Waals surface area contributed by atoms with Gasteiger partial charge >= 0.3 is 0 Å². The lowest BCUT2D eigenvalue weighted by molar-refractivity contribution is 1.04. The van der Waals surface area contributed by atoms with Gasteiger partial charge in [-0.1, -0.05) is 12.1 Å². The highest BCUT2D eigenvalue weighted by Gasteiger charge is 1.98. The molecule has 0 radical (unpaired) electrons. The van der Waals surface area contributed by atoms with E-state index in [1.54, 1.807) is 0 Å². The van der Waals surface area contributed by atoms with Crippen molar-refractivity contribution in [3.8, 4) is 5.69 Å². The first kappa shape index (κ1) is 11.5. The maximum absolute atomic E-state index is 4.30. The molecule has 0 atom stereocenters. The Balaban J connectivity index is 1.74. The minimum atomic E-state index is 0.732. The average Bonchev–Trinajstić information content (AvgIpc) is 3.01. The molecule has 0 amide bonds. The van der Waals surface area contributed by atoms with Gasteiger partial charge < -0.3 is 9.88 Å². The fraction of sp³-hybridized carbons (Fsp3) is 0.0625. The van der Waals surface area contributed by atoms with Crippen molar-refractivity contribution < 1.29 is 0 Å². The van der Waals surface area contributed by atoms with E-state index in [4.69, 9.17) is 0 Å². The number of nitrogens with zero attached hydrogens (tertiary/aromatic N) is 2. The summed E-state index contributed by atoms with van der Waals surface area (Å²) >= 11 is 0. The molecule has 2 heterocycles. The highest BCUT2D eigenvalue weighted by molar-refractivity contribution is 5.51. The van der Waals surface area contributed by atoms with Crippen molar-refractivity contribution >= 4 is 5.69 Å². The van der Waals surface area contributed by atoms with Gasteiger partial charge in [-0.2, -0.15) is 0 Å². The number of hydrogen-bond acceptors (Lipinski definition) is 2. The molecule has 1 aromatic carbocycles. The molecular weight excluding hydrogens is 234 g/mol. The van der Waals surface area contributed by atoms with Gasteiger partial charge in [0.1, 0.15) is 0 Å². The summed E-state index contributed by atoms with van der Waals surface area (Å²) in [5.41, 5.74) is 3.28. The normalized spacial score (nSPS) is 10.3. The Hall–Kier alpha value is -2.55. The van der Waals surface area contributed by atoms with Gasteiger partial charge in [-0.25, -0.2) is 0 Å². The minimum absolute atomic E-state index is 0.732. The molecular formula is C16H15N3. The molecule has 0 aliphatic carbocycles. The van der Waals surface area contributed by atoms with Crippen LogP contribution in [0.5, 0.6) is 0 Å². The van der Waals surface area contributed by atoms with Crippen molar-refractivity contribution in [1.29, 1.82) is 0 Å². The van der Waals surface area contributed by atoms with Gasteiger partial charge in [0.15, 0.2) is 0 Å². The van der Waals surface area contributed by atoms with Crippen molar-refractivity contribution in [3.63, 3.8) is 0 Å². The van der Waals surface area contributed by atoms with Crippen molar-refractivity contribution in [1.82, 2.24) is 9.55 Å². The monoisotopic (exact) mass is 249 g/mol. The Morgan fingerprint density at radius 3 is 2.63 bits per heavy atom. The summed E-state index contributed by atoms with van der Waals surface area (Å²) in [6, 6.07) is 18.3. The number of hydrogen-bond donors (Lipinski definition) is 1. The lowest BCUT2D eigenvalue weighted by Crippen LogP contribution is -2.01. The molecule has 0 aliphatic heterocycles. The molecule has 1 N–H and O–H groups in total. The fourth-order valence-corrected chi connectivity index (χ4v) is 1.98. The van der Waals surface area contributed by atoms with Crippen molar-refractivity contribution in [3.05, 3.63) is 78.9 Å². The van der Waals surface area contributed by atoms with E-state index >= 15 is 0 Å². The summed E-state index contributed by atoms with van der Waals surface area (Å²) in [7, 11) is 0. The van der Waals surface area contributed by atoms with Gasteiger partial charge in [0.25, 0.3) is 0 Å². The molecule has 0 spiro atoms. The van der Waals surface area contributed by atoms with Crippen LogP contribution in [0.4, 0.5) is 5.69 Å². The summed E-state index contributed by atoms with van der Waals surface area (Å²) < 4.78 is 2.09. The Kier molecular flexibility index (Phi) is 3.28. The third-order valence-corrected chi connectivity index (χ3v) is 2.95. The first-order chi connectivity index (χ1) is 9.42. The average molecular weight is 249 g/mol. The largest absolute Gasteiger partial charge is 0.379 e. The topological polar surface area (TPSA) is 29.9 Å². The van der Waals surface area contributed by atoms with E-state index in [-0.39, 0.29) is 0 Å². The van der Waals surface area contributed by atoms with Crippen LogP contribution in [0.1, 0.15) is 5.69 Å². The second-order valence-corrected chi connectivity index (χ2v) is 4.32. The summed E-state index contributed by atoms with van der Waals surface area (Å²) in [6.45, 7) is 0.732. The van der Waals surface area contributed by atoms with Crippen LogP contribution in [0.2, 0.25) is 0 Å². The first-order valence-corrected chi connectivity index (χ1v) is 6.29. The number of rotatable bonds is 4. The van der Waals surface area contributed by atoms with Crippen LogP contribution in [0.3, 0.4) is 0 Å². The van der Waals surface area contributed by atoms with E-state index in [0.717, 1.165) is 23.6 Å². The number of aromatic nitrogens is 2. The predicted molar refractivity (Wildman–Crippen MR) is 77.3 cm³/mol. The van der Waals surface area contributed by atoms with Crippen LogP contribution in [0, 0.1) is 0 Å². The van der Waals surface area contributed by atoms with Crippen LogP contribution in [-0.4, -0.2) is 9.55 Å². The molecule has 94 valence electrons. The molecule has 0 fully saturated rings. The number of anilines is 1. The Labute approximate surface area is 112 Å². The summed E-state index contributed by atoms with van der Waals surface area (Å²) in [5, 5.41) is 3.39. The van der Waals surface area contributed by atoms with Gasteiger partial charge in [0.2, 0.25) is 0 Å². The zero-order valence-corrected chi connectivity index (χ0v) is 10.5. The highest BCUT2D eigenvalue weighted by Crippen LogP contribution is 2.15. The molecule has 0 saturated heterocycles. The van der Waals surface area contributed by atoms with Crippen LogP contribution in [0.25, 0.3) is 5.69 Å². The quantitative estimate of drug-likeness (QED) is 0.767. The molecule has 0 unspecified atom stereocenters. The highest BCUT2D eigenvalue weighted by atomic mass is 15.0. The van der Waals surface area contributed by atoms with E-state index in [9.17, 15) is 0 Å². The van der Waals surface area contributed by atoms with Crippen LogP contribution in [-0.2, 0) is 6.54 Å². The number of benzene rings is 1. The third-order valence-electron chi connectivity index (χ3n) is 2.95. The maximum atomic E-state index is 4.30. The molecule has 3 heteroatoms. The first-order valence-electron chi connectivity index (χ1n) is 6.29. The minimum Gasteiger partial charge on any atom is -0.379 e. The summed E-state index contributed by atoms with van der Waals surface area (Å²) in [6.07, 6.45) is 5.89. The molecule has 0 saturated carbocycles. The second kappa shape index (κ2) is 5.40. The molecule has 0 bridgehead atoms. The van der Waals surface area contributed by atoms with E-state index in [2.05, 4.69) is 39.1 Å². The van der Waals surface area contributed by atoms with Gasteiger partial charge in [-0.05, 0) is 42.5 Å². The number of nitrogens with one attached hydrogen (secondary N) is 1. The van der Waals surface area contributed by atoms with Crippen LogP contribution < -0.4 is 5.32 Å². The zero-order chi connectivity index (χ0) is 12.9. The zero-order valence-electron chi connectivity index (χ0n) is 10.5. The van der Waals surface area contributed by atoms with E-state index in [1.165, 1.54) is 0 Å². The smallest absolute Gasteiger partial charge is 0.0594 e. The van der Waals surface area contributed by atoms with E-state index in [0.29, 0.717) is 0 Å². The summed E-state index contributed by atoms with van der Waals surface area (Å²) in [4.78, 5) is 4.30. The standard InChI is InChI=1S/C16H15N3/c1-2-9-17-15(6-1)13-18-14-7-5-8-16(12-14)19-10-3-4-11-19/h1-12,18H,13H2. The van der Waals surface area contributed by atoms with Gasteiger partial charge in [-0.15, -0.1) is 0 Å². The van der Waals surface area contributed by atoms with Crippen LogP contribution >= 0.6 is 0 Å². The Morgan fingerprint density at radius 1 is 0.947 bits per heavy atom. The molecule has 2 aromatic heterocycles. The van der Waals surface area contributed by atoms with Crippen molar-refractivity contribution in [2.45, 2.75) is 6.54 Å². The molecule has 0 aliphatic rings. The van der Waals surface area contributed by atoms with E-state index < -0.39 is 0 Å². The van der Waals surface area contributed by atoms with Crippen LogP contribution in [0.15, 0.2) is 73.2 Å². The Bertz CT molecular complexity index is 630. The van der Waals surface area contributed by atoms with Crippen molar-refractivity contribution in [2.24, 2.45) is 0 Å². The van der Waals surface area contributed by atoms with E-state index in [1.807, 2.05) is 48.9 Å². The lowest BCUT2D eigenvalue weighted by atomic mass is 10.2. The molecule has 3 nitrogen and oxygen atoms in total.